The van der Waals surface area contributed by atoms with E-state index < -0.39 is 18.3 Å². The zero-order valence-corrected chi connectivity index (χ0v) is 17.4. The first-order valence-corrected chi connectivity index (χ1v) is 8.72. The standard InChI is InChI=1S/C5H13NO2.C4H11NO2.C4H11NO.C3H9NO2/c1-6(2)3-5(8)4-7;1-5-2-4(7)3-6;1-3(5)4(2)6;4-1-3(6)2-5/h5,7-8H,3-4H2,1-2H3;4-7H,2-3H2,1H3;3-4,6H,5H2,1-2H3;3,5-6H,1-2,4H2. The lowest BCUT2D eigenvalue weighted by atomic mass is 10.2. The summed E-state index contributed by atoms with van der Waals surface area (Å²) >= 11 is 0. The fraction of sp³-hybridized carbons (Fsp3) is 1.00. The third-order valence-corrected chi connectivity index (χ3v) is 2.68. The predicted molar refractivity (Wildman–Crippen MR) is 106 cm³/mol. The van der Waals surface area contributed by atoms with Crippen molar-refractivity contribution in [1.29, 1.82) is 0 Å². The molecule has 0 radical (unpaired) electrons. The van der Waals surface area contributed by atoms with Crippen molar-refractivity contribution in [2.24, 2.45) is 11.5 Å². The number of aliphatic hydroxyl groups excluding tert-OH is 7. The molecule has 0 saturated carbocycles. The van der Waals surface area contributed by atoms with E-state index in [2.05, 4.69) is 5.32 Å². The highest BCUT2D eigenvalue weighted by molar-refractivity contribution is 4.57. The molecule has 12 N–H and O–H groups in total. The predicted octanol–water partition coefficient (Wildman–Crippen LogP) is -4.53. The van der Waals surface area contributed by atoms with Gasteiger partial charge in [0.1, 0.15) is 0 Å². The van der Waals surface area contributed by atoms with Crippen molar-refractivity contribution in [3.05, 3.63) is 0 Å². The Balaban J connectivity index is -0.000000132. The highest BCUT2D eigenvalue weighted by Gasteiger charge is 2.00. The van der Waals surface area contributed by atoms with E-state index in [1.165, 1.54) is 0 Å². The average Bonchev–Trinajstić information content (AvgIpc) is 2.61. The van der Waals surface area contributed by atoms with Gasteiger partial charge in [-0.1, -0.05) is 0 Å². The number of nitrogens with one attached hydrogen (secondary N) is 1. The molecule has 5 unspecified atom stereocenters. The molecule has 27 heavy (non-hydrogen) atoms. The lowest BCUT2D eigenvalue weighted by molar-refractivity contribution is 0.0728. The molecule has 0 aliphatic rings. The largest absolute Gasteiger partial charge is 0.394 e. The minimum absolute atomic E-state index is 0.0926. The van der Waals surface area contributed by atoms with Gasteiger partial charge in [0.15, 0.2) is 0 Å². The molecule has 11 heteroatoms. The van der Waals surface area contributed by atoms with Gasteiger partial charge in [-0.15, -0.1) is 0 Å². The third kappa shape index (κ3) is 41.2. The number of likely N-dealkylation sites (N-methyl/N-ethyl adjacent to an activating group) is 2. The maximum absolute atomic E-state index is 8.74. The van der Waals surface area contributed by atoms with Gasteiger partial charge in [-0.2, -0.15) is 0 Å². The quantitative estimate of drug-likeness (QED) is 0.177. The Labute approximate surface area is 163 Å². The molecule has 0 spiro atoms. The van der Waals surface area contributed by atoms with E-state index in [4.69, 9.17) is 47.2 Å². The summed E-state index contributed by atoms with van der Waals surface area (Å²) in [5.74, 6) is 0. The van der Waals surface area contributed by atoms with Gasteiger partial charge in [0.2, 0.25) is 0 Å². The third-order valence-electron chi connectivity index (χ3n) is 2.68. The number of nitrogens with two attached hydrogens (primary N) is 2. The fourth-order valence-corrected chi connectivity index (χ4v) is 0.854. The molecule has 170 valence electrons. The molecule has 0 aromatic rings. The number of rotatable bonds is 9. The van der Waals surface area contributed by atoms with Crippen molar-refractivity contribution < 1.29 is 35.7 Å². The van der Waals surface area contributed by atoms with E-state index in [1.54, 1.807) is 20.9 Å². The molecule has 0 fully saturated rings. The van der Waals surface area contributed by atoms with Gasteiger partial charge in [-0.25, -0.2) is 0 Å². The van der Waals surface area contributed by atoms with Crippen LogP contribution in [0.25, 0.3) is 0 Å². The molecule has 0 bridgehead atoms. The summed E-state index contributed by atoms with van der Waals surface area (Å²) in [7, 11) is 5.41. The molecule has 0 aliphatic heterocycles. The lowest BCUT2D eigenvalue weighted by Crippen LogP contribution is -2.28. The molecule has 0 aliphatic carbocycles. The summed E-state index contributed by atoms with van der Waals surface area (Å²) in [5.41, 5.74) is 10.1. The van der Waals surface area contributed by atoms with Crippen molar-refractivity contribution in [1.82, 2.24) is 10.2 Å². The zero-order valence-electron chi connectivity index (χ0n) is 17.4. The van der Waals surface area contributed by atoms with Gasteiger partial charge < -0.3 is 57.4 Å². The van der Waals surface area contributed by atoms with E-state index in [0.717, 1.165) is 0 Å². The summed E-state index contributed by atoms with van der Waals surface area (Å²) in [5, 5.41) is 61.3. The van der Waals surface area contributed by atoms with Gasteiger partial charge in [0.25, 0.3) is 0 Å². The highest BCUT2D eigenvalue weighted by Crippen LogP contribution is 1.82. The molecular formula is C16H44N4O7. The molecule has 0 aromatic carbocycles. The Morgan fingerprint density at radius 1 is 0.852 bits per heavy atom. The molecular weight excluding hydrogens is 360 g/mol. The summed E-state index contributed by atoms with van der Waals surface area (Å²) in [4.78, 5) is 1.82. The monoisotopic (exact) mass is 404 g/mol. The SMILES string of the molecule is CC(N)C(C)O.CN(C)CC(O)CO.CNCC(O)CO.NCC(O)CO. The van der Waals surface area contributed by atoms with Crippen LogP contribution in [0.5, 0.6) is 0 Å². The Morgan fingerprint density at radius 3 is 1.30 bits per heavy atom. The van der Waals surface area contributed by atoms with Gasteiger partial charge in [0, 0.05) is 25.7 Å². The van der Waals surface area contributed by atoms with Crippen LogP contribution in [0, 0.1) is 0 Å². The molecule has 11 nitrogen and oxygen atoms in total. The van der Waals surface area contributed by atoms with Crippen LogP contribution in [0.1, 0.15) is 13.8 Å². The average molecular weight is 405 g/mol. The maximum Gasteiger partial charge on any atom is 0.0897 e. The Morgan fingerprint density at radius 2 is 1.22 bits per heavy atom. The summed E-state index contributed by atoms with van der Waals surface area (Å²) in [6, 6.07) is -0.0926. The van der Waals surface area contributed by atoms with Crippen molar-refractivity contribution in [3.8, 4) is 0 Å². The van der Waals surface area contributed by atoms with Crippen LogP contribution in [0.2, 0.25) is 0 Å². The minimum atomic E-state index is -0.731. The van der Waals surface area contributed by atoms with E-state index in [1.807, 2.05) is 19.0 Å². The van der Waals surface area contributed by atoms with Crippen molar-refractivity contribution in [3.63, 3.8) is 0 Å². The van der Waals surface area contributed by atoms with Gasteiger partial charge in [-0.3, -0.25) is 0 Å². The molecule has 0 aromatic heterocycles. The van der Waals surface area contributed by atoms with Crippen LogP contribution < -0.4 is 16.8 Å². The summed E-state index contributed by atoms with van der Waals surface area (Å²) in [6.07, 6.45) is -2.30. The van der Waals surface area contributed by atoms with E-state index in [9.17, 15) is 0 Å². The highest BCUT2D eigenvalue weighted by atomic mass is 16.3. The van der Waals surface area contributed by atoms with E-state index >= 15 is 0 Å². The van der Waals surface area contributed by atoms with Crippen LogP contribution in [0.15, 0.2) is 0 Å². The number of nitrogens with zero attached hydrogens (tertiary/aromatic N) is 1. The van der Waals surface area contributed by atoms with E-state index in [-0.39, 0.29) is 38.5 Å². The maximum atomic E-state index is 8.74. The lowest BCUT2D eigenvalue weighted by Gasteiger charge is -2.12. The molecule has 0 saturated heterocycles. The molecule has 0 rings (SSSR count). The van der Waals surface area contributed by atoms with Crippen LogP contribution in [0.4, 0.5) is 0 Å². The molecule has 5 atom stereocenters. The zero-order chi connectivity index (χ0) is 22.4. The van der Waals surface area contributed by atoms with Gasteiger partial charge >= 0.3 is 0 Å². The second kappa shape index (κ2) is 25.6. The second-order valence-corrected chi connectivity index (χ2v) is 6.16. The van der Waals surface area contributed by atoms with Gasteiger partial charge in [-0.05, 0) is 35.0 Å². The van der Waals surface area contributed by atoms with Crippen LogP contribution >= 0.6 is 0 Å². The Kier molecular flexibility index (Phi) is 32.3. The topological polar surface area (TPSA) is 209 Å². The second-order valence-electron chi connectivity index (χ2n) is 6.16. The van der Waals surface area contributed by atoms with Crippen molar-refractivity contribution >= 4 is 0 Å². The first-order valence-electron chi connectivity index (χ1n) is 8.72. The number of hydrogen-bond acceptors (Lipinski definition) is 11. The summed E-state index contributed by atoms with van der Waals surface area (Å²) in [6.45, 7) is 3.99. The number of aliphatic hydroxyl groups is 7. The first kappa shape index (κ1) is 34.1. The molecule has 0 heterocycles. The Bertz CT molecular complexity index is 253. The van der Waals surface area contributed by atoms with Gasteiger partial charge in [0.05, 0.1) is 44.2 Å². The normalized spacial score (nSPS) is 15.7. The number of hydrogen-bond donors (Lipinski definition) is 10. The van der Waals surface area contributed by atoms with E-state index in [0.29, 0.717) is 13.1 Å². The first-order chi connectivity index (χ1) is 12.4. The van der Waals surface area contributed by atoms with Crippen molar-refractivity contribution in [2.75, 3.05) is 60.6 Å². The fourth-order valence-electron chi connectivity index (χ4n) is 0.854. The molecule has 0 amide bonds. The van der Waals surface area contributed by atoms with Crippen molar-refractivity contribution in [2.45, 2.75) is 44.3 Å². The smallest absolute Gasteiger partial charge is 0.0897 e. The van der Waals surface area contributed by atoms with Crippen LogP contribution in [0.3, 0.4) is 0 Å². The summed E-state index contributed by atoms with van der Waals surface area (Å²) < 4.78 is 0. The van der Waals surface area contributed by atoms with Crippen LogP contribution in [-0.4, -0.2) is 132 Å². The Hall–Kier alpha value is -0.440. The van der Waals surface area contributed by atoms with Crippen LogP contribution in [-0.2, 0) is 0 Å². The minimum Gasteiger partial charge on any atom is -0.394 e.